The second-order valence-corrected chi connectivity index (χ2v) is 8.16. The number of carboxylic acid groups (broad SMARTS) is 2. The molecule has 0 atom stereocenters. The maximum absolute atomic E-state index is 11.6. The SMILES string of the molecule is O=C([O-])c1ccc2ccccc2c1OCCN(CCO)CCOc1c(C(=O)[O-])ccc2ccccc12.[Na+].[Na+]. The minimum Gasteiger partial charge on any atom is -0.545 e. The predicted octanol–water partition coefficient (Wildman–Crippen LogP) is -4.52. The number of nitrogens with zero attached hydrogens (tertiary/aromatic N) is 1. The first-order valence-electron chi connectivity index (χ1n) is 11.5. The maximum atomic E-state index is 11.6. The molecular weight excluding hydrogens is 508 g/mol. The number of hydrogen-bond acceptors (Lipinski definition) is 8. The summed E-state index contributed by atoms with van der Waals surface area (Å²) < 4.78 is 11.8. The molecule has 0 heterocycles. The topological polar surface area (TPSA) is 122 Å². The second-order valence-electron chi connectivity index (χ2n) is 8.16. The van der Waals surface area contributed by atoms with Crippen LogP contribution >= 0.6 is 0 Å². The molecule has 0 saturated carbocycles. The maximum Gasteiger partial charge on any atom is 1.00 e. The zero-order valence-corrected chi connectivity index (χ0v) is 25.5. The molecular formula is C28H25NNa2O7. The van der Waals surface area contributed by atoms with Crippen molar-refractivity contribution in [2.75, 3.05) is 39.5 Å². The molecule has 0 radical (unpaired) electrons. The molecule has 0 aliphatic carbocycles. The molecule has 0 fully saturated rings. The summed E-state index contributed by atoms with van der Waals surface area (Å²) in [7, 11) is 0. The summed E-state index contributed by atoms with van der Waals surface area (Å²) >= 11 is 0. The molecule has 10 heteroatoms. The molecule has 1 N–H and O–H groups in total. The minimum atomic E-state index is -1.32. The first-order valence-corrected chi connectivity index (χ1v) is 11.5. The van der Waals surface area contributed by atoms with Gasteiger partial charge in [-0.05, 0) is 22.9 Å². The van der Waals surface area contributed by atoms with Gasteiger partial charge >= 0.3 is 59.1 Å². The number of rotatable bonds is 12. The van der Waals surface area contributed by atoms with Crippen molar-refractivity contribution in [1.29, 1.82) is 0 Å². The van der Waals surface area contributed by atoms with Gasteiger partial charge in [0.15, 0.2) is 0 Å². The quantitative estimate of drug-likeness (QED) is 0.181. The van der Waals surface area contributed by atoms with E-state index in [-0.39, 0.29) is 102 Å². The smallest absolute Gasteiger partial charge is 0.545 e. The largest absolute Gasteiger partial charge is 1.00 e. The van der Waals surface area contributed by atoms with Crippen molar-refractivity contribution in [3.05, 3.63) is 83.9 Å². The fourth-order valence-corrected chi connectivity index (χ4v) is 4.15. The number of aliphatic hydroxyl groups excluding tert-OH is 1. The van der Waals surface area contributed by atoms with Crippen LogP contribution in [0.3, 0.4) is 0 Å². The van der Waals surface area contributed by atoms with Crippen molar-refractivity contribution < 1.29 is 93.5 Å². The van der Waals surface area contributed by atoms with E-state index in [1.54, 1.807) is 36.4 Å². The number of fused-ring (bicyclic) bond motifs is 2. The normalized spacial score (nSPS) is 10.6. The Bertz CT molecular complexity index is 1290. The molecule has 4 rings (SSSR count). The van der Waals surface area contributed by atoms with Gasteiger partial charge in [0.2, 0.25) is 0 Å². The van der Waals surface area contributed by atoms with Crippen molar-refractivity contribution in [3.63, 3.8) is 0 Å². The standard InChI is InChI=1S/C28H27NO7.2Na/c30-16-13-29(14-17-35-25-21-7-3-1-5-19(21)9-11-23(25)27(31)32)15-18-36-26-22-8-4-2-6-20(22)10-12-24(26)28(33)34;;/h1-12,30H,13-18H2,(H,31,32)(H,33,34);;/q;2*+1/p-2. The molecule has 38 heavy (non-hydrogen) atoms. The molecule has 0 spiro atoms. The van der Waals surface area contributed by atoms with Crippen LogP contribution < -0.4 is 78.8 Å². The first-order chi connectivity index (χ1) is 17.5. The summed E-state index contributed by atoms with van der Waals surface area (Å²) in [5, 5.41) is 35.7. The minimum absolute atomic E-state index is 0. The van der Waals surface area contributed by atoms with E-state index in [2.05, 4.69) is 0 Å². The van der Waals surface area contributed by atoms with Gasteiger partial charge < -0.3 is 34.4 Å². The fraction of sp³-hybridized carbons (Fsp3) is 0.214. The van der Waals surface area contributed by atoms with Crippen molar-refractivity contribution in [3.8, 4) is 11.5 Å². The van der Waals surface area contributed by atoms with Gasteiger partial charge in [-0.2, -0.15) is 0 Å². The Hall–Kier alpha value is -2.14. The Morgan fingerprint density at radius 1 is 0.658 bits per heavy atom. The van der Waals surface area contributed by atoms with E-state index in [0.717, 1.165) is 10.8 Å². The zero-order valence-electron chi connectivity index (χ0n) is 21.5. The van der Waals surface area contributed by atoms with E-state index in [1.165, 1.54) is 12.1 Å². The summed E-state index contributed by atoms with van der Waals surface area (Å²) in [6.07, 6.45) is 0. The number of carbonyl (C=O) groups is 2. The van der Waals surface area contributed by atoms with Crippen LogP contribution in [0.15, 0.2) is 72.8 Å². The number of aromatic carboxylic acids is 2. The Balaban J connectivity index is 0.00000253. The Labute approximate surface area is 264 Å². The number of carboxylic acids is 2. The average molecular weight is 533 g/mol. The predicted molar refractivity (Wildman–Crippen MR) is 131 cm³/mol. The van der Waals surface area contributed by atoms with E-state index in [4.69, 9.17) is 9.47 Å². The first kappa shape index (κ1) is 32.1. The summed E-state index contributed by atoms with van der Waals surface area (Å²) in [6.45, 7) is 1.31. The van der Waals surface area contributed by atoms with E-state index in [9.17, 15) is 24.9 Å². The van der Waals surface area contributed by atoms with E-state index >= 15 is 0 Å². The van der Waals surface area contributed by atoms with Crippen LogP contribution in [0.5, 0.6) is 11.5 Å². The zero-order chi connectivity index (χ0) is 25.5. The summed E-state index contributed by atoms with van der Waals surface area (Å²) in [6, 6.07) is 21.0. The number of ether oxygens (including phenoxy) is 2. The third-order valence-electron chi connectivity index (χ3n) is 5.92. The Morgan fingerprint density at radius 3 is 1.47 bits per heavy atom. The van der Waals surface area contributed by atoms with Gasteiger partial charge in [-0.25, -0.2) is 0 Å². The van der Waals surface area contributed by atoms with Crippen LogP contribution in [0.1, 0.15) is 20.7 Å². The average Bonchev–Trinajstić information content (AvgIpc) is 2.88. The molecule has 0 aliphatic rings. The Kier molecular flexibility index (Phi) is 13.0. The van der Waals surface area contributed by atoms with Crippen LogP contribution in [0.4, 0.5) is 0 Å². The molecule has 0 unspecified atom stereocenters. The van der Waals surface area contributed by atoms with Crippen LogP contribution in [-0.2, 0) is 0 Å². The molecule has 0 aromatic heterocycles. The third-order valence-corrected chi connectivity index (χ3v) is 5.92. The molecule has 0 saturated heterocycles. The Morgan fingerprint density at radius 2 is 1.08 bits per heavy atom. The number of carbonyl (C=O) groups excluding carboxylic acids is 2. The summed E-state index contributed by atoms with van der Waals surface area (Å²) in [5.74, 6) is -2.17. The van der Waals surface area contributed by atoms with Crippen molar-refractivity contribution in [2.45, 2.75) is 0 Å². The van der Waals surface area contributed by atoms with Crippen molar-refractivity contribution in [1.82, 2.24) is 4.90 Å². The molecule has 0 amide bonds. The molecule has 8 nitrogen and oxygen atoms in total. The third kappa shape index (κ3) is 7.71. The van der Waals surface area contributed by atoms with Crippen molar-refractivity contribution in [2.24, 2.45) is 0 Å². The van der Waals surface area contributed by atoms with Gasteiger partial charge in [-0.15, -0.1) is 0 Å². The number of hydrogen-bond donors (Lipinski definition) is 1. The van der Waals surface area contributed by atoms with E-state index < -0.39 is 11.9 Å². The van der Waals surface area contributed by atoms with Crippen LogP contribution in [0.2, 0.25) is 0 Å². The summed E-state index contributed by atoms with van der Waals surface area (Å²) in [5.41, 5.74) is -0.0620. The molecule has 186 valence electrons. The fourth-order valence-electron chi connectivity index (χ4n) is 4.15. The van der Waals surface area contributed by atoms with Gasteiger partial charge in [0, 0.05) is 41.5 Å². The van der Waals surface area contributed by atoms with Gasteiger partial charge in [0.05, 0.1) is 18.5 Å². The van der Waals surface area contributed by atoms with E-state index in [1.807, 2.05) is 29.2 Å². The molecule has 0 aliphatic heterocycles. The van der Waals surface area contributed by atoms with Gasteiger partial charge in [0.25, 0.3) is 0 Å². The second kappa shape index (κ2) is 15.5. The van der Waals surface area contributed by atoms with Gasteiger partial charge in [0.1, 0.15) is 24.7 Å². The van der Waals surface area contributed by atoms with Crippen LogP contribution in [0.25, 0.3) is 21.5 Å². The van der Waals surface area contributed by atoms with Crippen LogP contribution in [0, 0.1) is 0 Å². The van der Waals surface area contributed by atoms with Crippen molar-refractivity contribution >= 4 is 33.5 Å². The van der Waals surface area contributed by atoms with Gasteiger partial charge in [-0.1, -0.05) is 60.7 Å². The molecule has 4 aromatic rings. The summed E-state index contributed by atoms with van der Waals surface area (Å²) in [4.78, 5) is 25.1. The van der Waals surface area contributed by atoms with Crippen LogP contribution in [-0.4, -0.2) is 61.4 Å². The monoisotopic (exact) mass is 533 g/mol. The van der Waals surface area contributed by atoms with Gasteiger partial charge in [-0.3, -0.25) is 4.90 Å². The van der Waals surface area contributed by atoms with E-state index in [0.29, 0.717) is 30.4 Å². The molecule has 4 aromatic carbocycles. The number of benzene rings is 4. The number of aliphatic hydroxyl groups is 1. The molecule has 0 bridgehead atoms.